The first-order chi connectivity index (χ1) is 11.2. The van der Waals surface area contributed by atoms with Crippen LogP contribution < -0.4 is 16.0 Å². The monoisotopic (exact) mass is 452 g/mol. The number of hydrogen-bond donors (Lipinski definition) is 4. The second kappa shape index (κ2) is 11.9. The summed E-state index contributed by atoms with van der Waals surface area (Å²) in [6, 6.07) is 0.745. The van der Waals surface area contributed by atoms with Crippen LogP contribution in [-0.2, 0) is 4.79 Å². The van der Waals surface area contributed by atoms with E-state index in [1.54, 1.807) is 0 Å². The predicted octanol–water partition coefficient (Wildman–Crippen LogP) is 1.91. The quantitative estimate of drug-likeness (QED) is 0.282. The number of aliphatic imine (C=N–C) groups is 1. The van der Waals surface area contributed by atoms with Crippen molar-refractivity contribution in [3.8, 4) is 0 Å². The van der Waals surface area contributed by atoms with Crippen LogP contribution in [0.2, 0.25) is 0 Å². The van der Waals surface area contributed by atoms with Gasteiger partial charge in [-0.05, 0) is 45.4 Å². The molecule has 2 aliphatic rings. The molecule has 2 fully saturated rings. The summed E-state index contributed by atoms with van der Waals surface area (Å²) in [6.45, 7) is 3.34. The number of carbonyl (C=O) groups is 1. The molecule has 0 aliphatic heterocycles. The predicted molar refractivity (Wildman–Crippen MR) is 108 cm³/mol. The summed E-state index contributed by atoms with van der Waals surface area (Å²) >= 11 is 0. The van der Waals surface area contributed by atoms with Crippen LogP contribution in [0.3, 0.4) is 0 Å². The molecule has 140 valence electrons. The molecular weight excluding hydrogens is 419 g/mol. The van der Waals surface area contributed by atoms with Crippen molar-refractivity contribution in [1.29, 1.82) is 0 Å². The molecule has 0 spiro atoms. The Morgan fingerprint density at radius 2 is 1.67 bits per heavy atom. The van der Waals surface area contributed by atoms with Gasteiger partial charge in [-0.3, -0.25) is 9.79 Å². The molecular formula is C17H33IN4O2. The van der Waals surface area contributed by atoms with Crippen molar-refractivity contribution in [3.05, 3.63) is 0 Å². The summed E-state index contributed by atoms with van der Waals surface area (Å²) in [5.41, 5.74) is 0. The smallest absolute Gasteiger partial charge is 0.222 e. The Kier molecular flexibility index (Phi) is 10.6. The average Bonchev–Trinajstić information content (AvgIpc) is 3.02. The van der Waals surface area contributed by atoms with E-state index in [0.717, 1.165) is 51.0 Å². The number of amides is 1. The van der Waals surface area contributed by atoms with Crippen molar-refractivity contribution < 1.29 is 9.90 Å². The lowest BCUT2D eigenvalue weighted by atomic mass is 9.93. The minimum absolute atomic E-state index is 0. The number of aliphatic hydroxyl groups is 1. The SMILES string of the molecule is CCNC(=NCCC(=O)NC1CCCC1)NC1CCC(O)CC1.I. The fourth-order valence-corrected chi connectivity index (χ4v) is 3.37. The second-order valence-electron chi connectivity index (χ2n) is 6.71. The van der Waals surface area contributed by atoms with Crippen molar-refractivity contribution in [2.75, 3.05) is 13.1 Å². The molecule has 0 aromatic rings. The molecule has 0 unspecified atom stereocenters. The molecule has 0 atom stereocenters. The van der Waals surface area contributed by atoms with Gasteiger partial charge < -0.3 is 21.1 Å². The number of rotatable bonds is 6. The van der Waals surface area contributed by atoms with Crippen LogP contribution in [0.15, 0.2) is 4.99 Å². The molecule has 0 bridgehead atoms. The summed E-state index contributed by atoms with van der Waals surface area (Å²) in [7, 11) is 0. The maximum Gasteiger partial charge on any atom is 0.222 e. The highest BCUT2D eigenvalue weighted by Crippen LogP contribution is 2.18. The van der Waals surface area contributed by atoms with E-state index in [0.29, 0.717) is 25.0 Å². The van der Waals surface area contributed by atoms with E-state index in [1.807, 2.05) is 6.92 Å². The van der Waals surface area contributed by atoms with Crippen LogP contribution in [-0.4, -0.2) is 48.3 Å². The highest BCUT2D eigenvalue weighted by atomic mass is 127. The second-order valence-corrected chi connectivity index (χ2v) is 6.71. The lowest BCUT2D eigenvalue weighted by molar-refractivity contribution is -0.121. The Hall–Kier alpha value is -0.570. The largest absolute Gasteiger partial charge is 0.393 e. The number of halogens is 1. The molecule has 24 heavy (non-hydrogen) atoms. The Balaban J connectivity index is 0.00000288. The zero-order valence-electron chi connectivity index (χ0n) is 14.7. The molecule has 2 aliphatic carbocycles. The number of nitrogens with one attached hydrogen (secondary N) is 3. The molecule has 4 N–H and O–H groups in total. The van der Waals surface area contributed by atoms with E-state index in [4.69, 9.17) is 0 Å². The third-order valence-corrected chi connectivity index (χ3v) is 4.71. The van der Waals surface area contributed by atoms with Gasteiger partial charge >= 0.3 is 0 Å². The Labute approximate surface area is 162 Å². The zero-order valence-corrected chi connectivity index (χ0v) is 17.1. The fraction of sp³-hybridized carbons (Fsp3) is 0.882. The molecule has 0 aromatic carbocycles. The lowest BCUT2D eigenvalue weighted by Gasteiger charge is -2.27. The van der Waals surface area contributed by atoms with E-state index < -0.39 is 0 Å². The summed E-state index contributed by atoms with van der Waals surface area (Å²) in [5.74, 6) is 0.889. The number of guanidine groups is 1. The first-order valence-electron chi connectivity index (χ1n) is 9.19. The van der Waals surface area contributed by atoms with E-state index in [2.05, 4.69) is 20.9 Å². The van der Waals surface area contributed by atoms with E-state index >= 15 is 0 Å². The average molecular weight is 452 g/mol. The standard InChI is InChI=1S/C17H32N4O2.HI/c1-2-18-17(21-14-7-9-15(22)10-8-14)19-12-11-16(23)20-13-5-3-4-6-13;/h13-15,22H,2-12H2,1H3,(H,20,23)(H2,18,19,21);1H. The summed E-state index contributed by atoms with van der Waals surface area (Å²) in [4.78, 5) is 16.4. The van der Waals surface area contributed by atoms with Crippen molar-refractivity contribution in [1.82, 2.24) is 16.0 Å². The molecule has 0 saturated heterocycles. The third kappa shape index (κ3) is 8.00. The fourth-order valence-electron chi connectivity index (χ4n) is 3.37. The zero-order chi connectivity index (χ0) is 16.5. The van der Waals surface area contributed by atoms with Crippen LogP contribution in [0.4, 0.5) is 0 Å². The third-order valence-electron chi connectivity index (χ3n) is 4.71. The first kappa shape index (κ1) is 21.5. The van der Waals surface area contributed by atoms with Crippen molar-refractivity contribution in [2.24, 2.45) is 4.99 Å². The highest BCUT2D eigenvalue weighted by molar-refractivity contribution is 14.0. The molecule has 1 amide bonds. The Morgan fingerprint density at radius 3 is 2.29 bits per heavy atom. The molecule has 6 nitrogen and oxygen atoms in total. The van der Waals surface area contributed by atoms with Gasteiger partial charge in [0.2, 0.25) is 5.91 Å². The molecule has 0 aromatic heterocycles. The van der Waals surface area contributed by atoms with Crippen molar-refractivity contribution >= 4 is 35.8 Å². The molecule has 2 rings (SSSR count). The van der Waals surface area contributed by atoms with E-state index in [1.165, 1.54) is 12.8 Å². The maximum absolute atomic E-state index is 11.9. The van der Waals surface area contributed by atoms with Gasteiger partial charge in [0.1, 0.15) is 0 Å². The summed E-state index contributed by atoms with van der Waals surface area (Å²) in [6.07, 6.45) is 8.62. The minimum atomic E-state index is -0.146. The van der Waals surface area contributed by atoms with E-state index in [-0.39, 0.29) is 36.0 Å². The number of hydrogen-bond acceptors (Lipinski definition) is 3. The van der Waals surface area contributed by atoms with Crippen LogP contribution in [0.1, 0.15) is 64.7 Å². The molecule has 7 heteroatoms. The Bertz CT molecular complexity index is 392. The molecule has 2 saturated carbocycles. The van der Waals surface area contributed by atoms with Crippen molar-refractivity contribution in [3.63, 3.8) is 0 Å². The first-order valence-corrected chi connectivity index (χ1v) is 9.19. The lowest BCUT2D eigenvalue weighted by Crippen LogP contribution is -2.45. The number of nitrogens with zero attached hydrogens (tertiary/aromatic N) is 1. The van der Waals surface area contributed by atoms with Gasteiger partial charge in [-0.2, -0.15) is 0 Å². The topological polar surface area (TPSA) is 85.8 Å². The highest BCUT2D eigenvalue weighted by Gasteiger charge is 2.20. The minimum Gasteiger partial charge on any atom is -0.393 e. The summed E-state index contributed by atoms with van der Waals surface area (Å²) < 4.78 is 0. The maximum atomic E-state index is 11.9. The van der Waals surface area contributed by atoms with Gasteiger partial charge in [-0.15, -0.1) is 24.0 Å². The van der Waals surface area contributed by atoms with Crippen molar-refractivity contribution in [2.45, 2.75) is 82.9 Å². The van der Waals surface area contributed by atoms with Gasteiger partial charge in [-0.1, -0.05) is 12.8 Å². The van der Waals surface area contributed by atoms with Crippen LogP contribution in [0.25, 0.3) is 0 Å². The van der Waals surface area contributed by atoms with Crippen LogP contribution in [0.5, 0.6) is 0 Å². The van der Waals surface area contributed by atoms with Crippen LogP contribution >= 0.6 is 24.0 Å². The summed E-state index contributed by atoms with van der Waals surface area (Å²) in [5, 5.41) is 19.3. The number of carbonyl (C=O) groups excluding carboxylic acids is 1. The molecule has 0 radical (unpaired) electrons. The molecule has 0 heterocycles. The Morgan fingerprint density at radius 1 is 1.04 bits per heavy atom. The van der Waals surface area contributed by atoms with Gasteiger partial charge in [0.15, 0.2) is 5.96 Å². The van der Waals surface area contributed by atoms with E-state index in [9.17, 15) is 9.90 Å². The van der Waals surface area contributed by atoms with Gasteiger partial charge in [0.05, 0.1) is 12.6 Å². The van der Waals surface area contributed by atoms with Gasteiger partial charge in [0.25, 0.3) is 0 Å². The normalized spacial score (nSPS) is 25.0. The number of aliphatic hydroxyl groups excluding tert-OH is 1. The van der Waals surface area contributed by atoms with Gasteiger partial charge in [0, 0.05) is 25.0 Å². The van der Waals surface area contributed by atoms with Crippen LogP contribution in [0, 0.1) is 0 Å². The van der Waals surface area contributed by atoms with Gasteiger partial charge in [-0.25, -0.2) is 0 Å².